The SMILES string of the molecule is N#Cc1ccc(CN2CCN(c3ccc4nc(C5CC5)cn4c3)CC2)cc1. The summed E-state index contributed by atoms with van der Waals surface area (Å²) >= 11 is 0. The van der Waals surface area contributed by atoms with E-state index in [0.717, 1.165) is 43.9 Å². The number of nitrogens with zero attached hydrogens (tertiary/aromatic N) is 5. The molecule has 0 N–H and O–H groups in total. The fourth-order valence-corrected chi connectivity index (χ4v) is 3.87. The predicted octanol–water partition coefficient (Wildman–Crippen LogP) is 3.41. The number of pyridine rings is 1. The highest BCUT2D eigenvalue weighted by Crippen LogP contribution is 2.39. The van der Waals surface area contributed by atoms with Crippen LogP contribution in [0.2, 0.25) is 0 Å². The van der Waals surface area contributed by atoms with E-state index in [0.29, 0.717) is 5.92 Å². The zero-order valence-electron chi connectivity index (χ0n) is 15.4. The minimum atomic E-state index is 0.694. The number of aromatic nitrogens is 2. The normalized spacial score (nSPS) is 18.0. The van der Waals surface area contributed by atoms with Crippen molar-refractivity contribution in [3.8, 4) is 6.07 Å². The van der Waals surface area contributed by atoms with Crippen LogP contribution in [0, 0.1) is 11.3 Å². The van der Waals surface area contributed by atoms with Crippen molar-refractivity contribution in [2.75, 3.05) is 31.1 Å². The van der Waals surface area contributed by atoms with Gasteiger partial charge in [-0.3, -0.25) is 4.90 Å². The maximum absolute atomic E-state index is 8.91. The Bertz CT molecular complexity index is 986. The summed E-state index contributed by atoms with van der Waals surface area (Å²) < 4.78 is 2.19. The van der Waals surface area contributed by atoms with E-state index in [9.17, 15) is 0 Å². The number of anilines is 1. The van der Waals surface area contributed by atoms with Crippen LogP contribution >= 0.6 is 0 Å². The molecule has 2 aliphatic rings. The van der Waals surface area contributed by atoms with Crippen molar-refractivity contribution in [2.24, 2.45) is 0 Å². The molecule has 0 unspecified atom stereocenters. The maximum atomic E-state index is 8.91. The van der Waals surface area contributed by atoms with E-state index >= 15 is 0 Å². The third-order valence-electron chi connectivity index (χ3n) is 5.68. The molecule has 1 aromatic carbocycles. The number of benzene rings is 1. The second-order valence-electron chi connectivity index (χ2n) is 7.66. The van der Waals surface area contributed by atoms with Gasteiger partial charge in [-0.25, -0.2) is 4.98 Å². The van der Waals surface area contributed by atoms with Gasteiger partial charge < -0.3 is 9.30 Å². The summed E-state index contributed by atoms with van der Waals surface area (Å²) in [5.74, 6) is 0.694. The van der Waals surface area contributed by atoms with Crippen molar-refractivity contribution in [1.29, 1.82) is 5.26 Å². The number of rotatable bonds is 4. The zero-order chi connectivity index (χ0) is 18.2. The summed E-state index contributed by atoms with van der Waals surface area (Å²) in [6.45, 7) is 5.12. The average Bonchev–Trinajstić information content (AvgIpc) is 3.48. The first-order chi connectivity index (χ1) is 13.3. The molecule has 0 radical (unpaired) electrons. The number of piperazine rings is 1. The number of hydrogen-bond acceptors (Lipinski definition) is 4. The van der Waals surface area contributed by atoms with Crippen molar-refractivity contribution in [2.45, 2.75) is 25.3 Å². The number of hydrogen-bond donors (Lipinski definition) is 0. The largest absolute Gasteiger partial charge is 0.368 e. The summed E-state index contributed by atoms with van der Waals surface area (Å²) in [4.78, 5) is 9.70. The molecule has 5 heteroatoms. The Morgan fingerprint density at radius 1 is 0.963 bits per heavy atom. The molecule has 136 valence electrons. The monoisotopic (exact) mass is 357 g/mol. The second kappa shape index (κ2) is 6.71. The third kappa shape index (κ3) is 3.41. The summed E-state index contributed by atoms with van der Waals surface area (Å²) in [5, 5.41) is 8.91. The first kappa shape index (κ1) is 16.3. The molecule has 0 amide bonds. The van der Waals surface area contributed by atoms with Crippen LogP contribution in [0.1, 0.15) is 35.6 Å². The van der Waals surface area contributed by atoms with Crippen LogP contribution in [-0.2, 0) is 6.54 Å². The minimum Gasteiger partial charge on any atom is -0.368 e. The molecule has 5 nitrogen and oxygen atoms in total. The van der Waals surface area contributed by atoms with Crippen LogP contribution in [0.3, 0.4) is 0 Å². The van der Waals surface area contributed by atoms with Crippen molar-refractivity contribution in [3.63, 3.8) is 0 Å². The van der Waals surface area contributed by atoms with E-state index in [1.165, 1.54) is 29.8 Å². The smallest absolute Gasteiger partial charge is 0.137 e. The lowest BCUT2D eigenvalue weighted by Gasteiger charge is -2.36. The number of nitriles is 1. The van der Waals surface area contributed by atoms with Crippen LogP contribution in [0.5, 0.6) is 0 Å². The summed E-state index contributed by atoms with van der Waals surface area (Å²) in [6, 6.07) is 14.5. The Labute approximate surface area is 159 Å². The zero-order valence-corrected chi connectivity index (χ0v) is 15.4. The molecule has 1 saturated heterocycles. The maximum Gasteiger partial charge on any atom is 0.137 e. The van der Waals surface area contributed by atoms with Gasteiger partial charge in [-0.05, 0) is 42.7 Å². The Balaban J connectivity index is 1.23. The quantitative estimate of drug-likeness (QED) is 0.718. The van der Waals surface area contributed by atoms with E-state index in [1.807, 2.05) is 12.1 Å². The van der Waals surface area contributed by atoms with Crippen LogP contribution in [-0.4, -0.2) is 40.5 Å². The van der Waals surface area contributed by atoms with Crippen molar-refractivity contribution in [3.05, 3.63) is 65.6 Å². The fraction of sp³-hybridized carbons (Fsp3) is 0.364. The van der Waals surface area contributed by atoms with E-state index in [2.05, 4.69) is 56.9 Å². The topological polar surface area (TPSA) is 47.6 Å². The highest BCUT2D eigenvalue weighted by Gasteiger charge is 2.26. The molecule has 1 saturated carbocycles. The van der Waals surface area contributed by atoms with Crippen LogP contribution < -0.4 is 4.90 Å². The highest BCUT2D eigenvalue weighted by molar-refractivity contribution is 5.53. The van der Waals surface area contributed by atoms with Crippen molar-refractivity contribution in [1.82, 2.24) is 14.3 Å². The standard InChI is InChI=1S/C22H23N5/c23-13-17-1-3-18(4-2-17)14-25-9-11-26(12-10-25)20-7-8-22-24-21(19-5-6-19)16-27(22)15-20/h1-4,7-8,15-16,19H,5-6,9-12,14H2. The molecule has 1 aliphatic carbocycles. The van der Waals surface area contributed by atoms with Crippen LogP contribution in [0.4, 0.5) is 5.69 Å². The van der Waals surface area contributed by atoms with E-state index in [1.54, 1.807) is 0 Å². The first-order valence-corrected chi connectivity index (χ1v) is 9.73. The summed E-state index contributed by atoms with van der Waals surface area (Å²) in [7, 11) is 0. The molecule has 0 bridgehead atoms. The van der Waals surface area contributed by atoms with Gasteiger partial charge in [0, 0.05) is 51.0 Å². The molecular weight excluding hydrogens is 334 g/mol. The molecule has 2 fully saturated rings. The minimum absolute atomic E-state index is 0.694. The molecule has 5 rings (SSSR count). The molecule has 2 aromatic heterocycles. The summed E-state index contributed by atoms with van der Waals surface area (Å²) in [6.07, 6.45) is 7.01. The molecule has 3 heterocycles. The van der Waals surface area contributed by atoms with Gasteiger partial charge >= 0.3 is 0 Å². The Kier molecular flexibility index (Phi) is 4.06. The lowest BCUT2D eigenvalue weighted by Crippen LogP contribution is -2.46. The number of imidazole rings is 1. The van der Waals surface area contributed by atoms with Crippen LogP contribution in [0.25, 0.3) is 5.65 Å². The molecule has 0 spiro atoms. The average molecular weight is 357 g/mol. The molecule has 3 aromatic rings. The van der Waals surface area contributed by atoms with Gasteiger partial charge in [-0.2, -0.15) is 5.26 Å². The Hall–Kier alpha value is -2.84. The molecule has 1 aliphatic heterocycles. The highest BCUT2D eigenvalue weighted by atomic mass is 15.3. The lowest BCUT2D eigenvalue weighted by molar-refractivity contribution is 0.250. The Morgan fingerprint density at radius 3 is 2.44 bits per heavy atom. The fourth-order valence-electron chi connectivity index (χ4n) is 3.87. The second-order valence-corrected chi connectivity index (χ2v) is 7.66. The molecule has 0 atom stereocenters. The van der Waals surface area contributed by atoms with Gasteiger partial charge in [0.05, 0.1) is 23.0 Å². The van der Waals surface area contributed by atoms with Crippen LogP contribution in [0.15, 0.2) is 48.8 Å². The van der Waals surface area contributed by atoms with Crippen molar-refractivity contribution < 1.29 is 0 Å². The van der Waals surface area contributed by atoms with Gasteiger partial charge in [0.2, 0.25) is 0 Å². The van der Waals surface area contributed by atoms with Gasteiger partial charge in [0.15, 0.2) is 0 Å². The van der Waals surface area contributed by atoms with E-state index in [-0.39, 0.29) is 0 Å². The first-order valence-electron chi connectivity index (χ1n) is 9.73. The van der Waals surface area contributed by atoms with Gasteiger partial charge in [-0.1, -0.05) is 12.1 Å². The predicted molar refractivity (Wildman–Crippen MR) is 106 cm³/mol. The van der Waals surface area contributed by atoms with Gasteiger partial charge in [0.1, 0.15) is 5.65 Å². The van der Waals surface area contributed by atoms with E-state index in [4.69, 9.17) is 10.2 Å². The lowest BCUT2D eigenvalue weighted by atomic mass is 10.1. The molecular formula is C22H23N5. The van der Waals surface area contributed by atoms with Gasteiger partial charge in [-0.15, -0.1) is 0 Å². The Morgan fingerprint density at radius 2 is 1.74 bits per heavy atom. The van der Waals surface area contributed by atoms with E-state index < -0.39 is 0 Å². The van der Waals surface area contributed by atoms with Crippen molar-refractivity contribution >= 4 is 11.3 Å². The summed E-state index contributed by atoms with van der Waals surface area (Å²) in [5.41, 5.74) is 5.58. The molecule has 27 heavy (non-hydrogen) atoms. The number of fused-ring (bicyclic) bond motifs is 1. The third-order valence-corrected chi connectivity index (χ3v) is 5.68. The van der Waals surface area contributed by atoms with Gasteiger partial charge in [0.25, 0.3) is 0 Å².